The number of benzene rings is 1. The maximum absolute atomic E-state index is 11.5. The maximum atomic E-state index is 11.5. The van der Waals surface area contributed by atoms with Crippen molar-refractivity contribution in [3.05, 3.63) is 58.1 Å². The molecule has 2 N–H and O–H groups in total. The maximum Gasteiger partial charge on any atom is 0.164 e. The zero-order chi connectivity index (χ0) is 23.3. The van der Waals surface area contributed by atoms with E-state index in [1.54, 1.807) is 12.1 Å². The van der Waals surface area contributed by atoms with Crippen molar-refractivity contribution in [2.45, 2.75) is 63.1 Å². The molecule has 2 aliphatic rings. The standard InChI is InChI=1S/C23H25Cl2N3O5/c1-23(2)32-18-17(16(30)14-6-5-13(24)10-12(14)4-3-9-29)31-22(19(18)33-23)28-8-7-15-20(25)26-11-27-21(15)28/h5-8,10-11,16-19,22,29-30H,3-4,9H2,1-2H3/t16-,17-,18-,19-,22-/m1/s1. The molecule has 0 aliphatic carbocycles. The van der Waals surface area contributed by atoms with E-state index in [1.165, 1.54) is 6.33 Å². The van der Waals surface area contributed by atoms with E-state index < -0.39 is 36.4 Å². The first-order valence-electron chi connectivity index (χ1n) is 10.8. The molecule has 2 aliphatic heterocycles. The van der Waals surface area contributed by atoms with Gasteiger partial charge in [-0.2, -0.15) is 0 Å². The van der Waals surface area contributed by atoms with Gasteiger partial charge >= 0.3 is 0 Å². The van der Waals surface area contributed by atoms with Gasteiger partial charge in [0.25, 0.3) is 0 Å². The quantitative estimate of drug-likeness (QED) is 0.503. The highest BCUT2D eigenvalue weighted by Crippen LogP contribution is 2.47. The third-order valence-electron chi connectivity index (χ3n) is 6.14. The molecule has 10 heteroatoms. The van der Waals surface area contributed by atoms with E-state index >= 15 is 0 Å². The van der Waals surface area contributed by atoms with E-state index in [9.17, 15) is 10.2 Å². The van der Waals surface area contributed by atoms with Gasteiger partial charge in [0.05, 0.1) is 5.39 Å². The van der Waals surface area contributed by atoms with Crippen LogP contribution in [0.1, 0.15) is 43.7 Å². The van der Waals surface area contributed by atoms with Crippen LogP contribution in [0.3, 0.4) is 0 Å². The van der Waals surface area contributed by atoms with Crippen molar-refractivity contribution in [1.29, 1.82) is 0 Å². The van der Waals surface area contributed by atoms with Crippen molar-refractivity contribution in [1.82, 2.24) is 14.5 Å². The highest BCUT2D eigenvalue weighted by atomic mass is 35.5. The molecule has 0 bridgehead atoms. The third-order valence-corrected chi connectivity index (χ3v) is 6.68. The molecular weight excluding hydrogens is 469 g/mol. The van der Waals surface area contributed by atoms with E-state index in [-0.39, 0.29) is 6.61 Å². The van der Waals surface area contributed by atoms with Gasteiger partial charge in [-0.05, 0) is 56.0 Å². The van der Waals surface area contributed by atoms with Gasteiger partial charge in [-0.3, -0.25) is 0 Å². The Labute approximate surface area is 201 Å². The van der Waals surface area contributed by atoms with Crippen LogP contribution in [-0.2, 0) is 20.6 Å². The molecule has 33 heavy (non-hydrogen) atoms. The van der Waals surface area contributed by atoms with E-state index in [4.69, 9.17) is 37.4 Å². The normalized spacial score (nSPS) is 27.2. The predicted molar refractivity (Wildman–Crippen MR) is 122 cm³/mol. The monoisotopic (exact) mass is 493 g/mol. The Kier molecular flexibility index (Phi) is 6.11. The van der Waals surface area contributed by atoms with Crippen molar-refractivity contribution >= 4 is 34.2 Å². The molecule has 0 amide bonds. The van der Waals surface area contributed by atoms with Crippen molar-refractivity contribution in [2.75, 3.05) is 6.61 Å². The summed E-state index contributed by atoms with van der Waals surface area (Å²) in [5.41, 5.74) is 2.15. The Bertz CT molecular complexity index is 1170. The number of aliphatic hydroxyl groups is 2. The lowest BCUT2D eigenvalue weighted by atomic mass is 9.93. The zero-order valence-corrected chi connectivity index (χ0v) is 19.7. The van der Waals surface area contributed by atoms with E-state index in [2.05, 4.69) is 9.97 Å². The number of fused-ring (bicyclic) bond motifs is 2. The second-order valence-electron chi connectivity index (χ2n) is 8.80. The zero-order valence-electron chi connectivity index (χ0n) is 18.2. The van der Waals surface area contributed by atoms with Crippen LogP contribution in [0.5, 0.6) is 0 Å². The number of rotatable bonds is 6. The molecule has 2 saturated heterocycles. The largest absolute Gasteiger partial charge is 0.396 e. The smallest absolute Gasteiger partial charge is 0.164 e. The summed E-state index contributed by atoms with van der Waals surface area (Å²) in [5.74, 6) is -0.843. The number of aromatic nitrogens is 3. The van der Waals surface area contributed by atoms with Gasteiger partial charge in [0.1, 0.15) is 41.5 Å². The summed E-state index contributed by atoms with van der Waals surface area (Å²) in [6.07, 6.45) is 1.08. The number of aryl methyl sites for hydroxylation is 1. The number of ether oxygens (including phenoxy) is 3. The van der Waals surface area contributed by atoms with Crippen LogP contribution in [0.2, 0.25) is 10.2 Å². The fourth-order valence-corrected chi connectivity index (χ4v) is 5.14. The van der Waals surface area contributed by atoms with E-state index in [0.717, 1.165) is 5.56 Å². The molecule has 0 saturated carbocycles. The predicted octanol–water partition coefficient (Wildman–Crippen LogP) is 3.81. The summed E-state index contributed by atoms with van der Waals surface area (Å²) < 4.78 is 20.6. The molecule has 5 atom stereocenters. The number of hydrogen-bond acceptors (Lipinski definition) is 7. The van der Waals surface area contributed by atoms with E-state index in [1.807, 2.05) is 36.7 Å². The average molecular weight is 494 g/mol. The Morgan fingerprint density at radius 2 is 1.94 bits per heavy atom. The second-order valence-corrected chi connectivity index (χ2v) is 9.59. The van der Waals surface area contributed by atoms with Crippen LogP contribution >= 0.6 is 23.2 Å². The Morgan fingerprint density at radius 3 is 2.73 bits per heavy atom. The minimum atomic E-state index is -0.994. The molecular formula is C23H25Cl2N3O5. The summed E-state index contributed by atoms with van der Waals surface area (Å²) >= 11 is 12.4. The van der Waals surface area contributed by atoms with Crippen LogP contribution < -0.4 is 0 Å². The molecule has 8 nitrogen and oxygen atoms in total. The first kappa shape index (κ1) is 23.0. The van der Waals surface area contributed by atoms with Crippen LogP contribution in [-0.4, -0.2) is 55.5 Å². The minimum absolute atomic E-state index is 0.0466. The Morgan fingerprint density at radius 1 is 1.15 bits per heavy atom. The summed E-state index contributed by atoms with van der Waals surface area (Å²) in [6.45, 7) is 3.73. The molecule has 2 fully saturated rings. The molecule has 3 aromatic rings. The van der Waals surface area contributed by atoms with Crippen molar-refractivity contribution in [2.24, 2.45) is 0 Å². The molecule has 176 valence electrons. The molecule has 4 heterocycles. The lowest BCUT2D eigenvalue weighted by molar-refractivity contribution is -0.207. The van der Waals surface area contributed by atoms with Gasteiger partial charge in [-0.15, -0.1) is 0 Å². The molecule has 1 aromatic carbocycles. The van der Waals surface area contributed by atoms with Gasteiger partial charge in [0.2, 0.25) is 0 Å². The fraction of sp³-hybridized carbons (Fsp3) is 0.478. The third kappa shape index (κ3) is 4.14. The van der Waals surface area contributed by atoms with Gasteiger partial charge in [0, 0.05) is 17.8 Å². The SMILES string of the molecule is CC1(C)O[C@H]2[C@@H](O1)[C@H](n1ccc3c(Cl)ncnc31)O[C@@H]2[C@H](O)c1ccc(Cl)cc1CCCO. The summed E-state index contributed by atoms with van der Waals surface area (Å²) in [4.78, 5) is 8.41. The van der Waals surface area contributed by atoms with Gasteiger partial charge in [-0.1, -0.05) is 29.3 Å². The summed E-state index contributed by atoms with van der Waals surface area (Å²) in [5, 5.41) is 22.4. The number of aliphatic hydroxyl groups excluding tert-OH is 2. The number of halogens is 2. The van der Waals surface area contributed by atoms with Gasteiger partial charge in [-0.25, -0.2) is 9.97 Å². The highest BCUT2D eigenvalue weighted by Gasteiger charge is 2.58. The fourth-order valence-electron chi connectivity index (χ4n) is 4.76. The topological polar surface area (TPSA) is 98.9 Å². The Hall–Kier alpha value is -1.78. The van der Waals surface area contributed by atoms with Crippen molar-refractivity contribution in [3.63, 3.8) is 0 Å². The first-order chi connectivity index (χ1) is 15.8. The average Bonchev–Trinajstić information content (AvgIpc) is 3.43. The van der Waals surface area contributed by atoms with Gasteiger partial charge in [0.15, 0.2) is 12.0 Å². The van der Waals surface area contributed by atoms with E-state index in [0.29, 0.717) is 39.6 Å². The van der Waals surface area contributed by atoms with Gasteiger partial charge < -0.3 is 29.0 Å². The van der Waals surface area contributed by atoms with Crippen LogP contribution in [0.4, 0.5) is 0 Å². The summed E-state index contributed by atoms with van der Waals surface area (Å²) in [7, 11) is 0. The van der Waals surface area contributed by atoms with Crippen LogP contribution in [0, 0.1) is 0 Å². The van der Waals surface area contributed by atoms with Crippen molar-refractivity contribution < 1.29 is 24.4 Å². The van der Waals surface area contributed by atoms with Crippen LogP contribution in [0.15, 0.2) is 36.8 Å². The second kappa shape index (κ2) is 8.78. The minimum Gasteiger partial charge on any atom is -0.396 e. The lowest BCUT2D eigenvalue weighted by Crippen LogP contribution is -2.34. The van der Waals surface area contributed by atoms with Crippen molar-refractivity contribution in [3.8, 4) is 0 Å². The lowest BCUT2D eigenvalue weighted by Gasteiger charge is -2.28. The molecule has 0 radical (unpaired) electrons. The van der Waals surface area contributed by atoms with Crippen LogP contribution in [0.25, 0.3) is 11.0 Å². The highest BCUT2D eigenvalue weighted by molar-refractivity contribution is 6.33. The molecule has 5 rings (SSSR count). The number of hydrogen-bond donors (Lipinski definition) is 2. The first-order valence-corrected chi connectivity index (χ1v) is 11.6. The molecule has 0 spiro atoms. The molecule has 2 aromatic heterocycles. The Balaban J connectivity index is 1.52. The number of nitrogens with zero attached hydrogens (tertiary/aromatic N) is 3. The summed E-state index contributed by atoms with van der Waals surface area (Å²) in [6, 6.07) is 7.17. The molecule has 0 unspecified atom stereocenters.